The Kier molecular flexibility index (Phi) is 10.8. The second kappa shape index (κ2) is 14.3. The molecule has 0 radical (unpaired) electrons. The average Bonchev–Trinajstić information content (AvgIpc) is 3.29. The van der Waals surface area contributed by atoms with E-state index in [9.17, 15) is 14.9 Å². The second-order valence-electron chi connectivity index (χ2n) is 8.43. The summed E-state index contributed by atoms with van der Waals surface area (Å²) in [5, 5.41) is 23.3. The van der Waals surface area contributed by atoms with E-state index < -0.39 is 4.92 Å². The zero-order valence-electron chi connectivity index (χ0n) is 20.2. The van der Waals surface area contributed by atoms with Crippen molar-refractivity contribution in [3.05, 3.63) is 76.1 Å². The van der Waals surface area contributed by atoms with Crippen LogP contribution in [-0.4, -0.2) is 25.6 Å². The number of nitro benzene ring substituents is 1. The highest BCUT2D eigenvalue weighted by molar-refractivity contribution is 7.98. The molecule has 0 atom stereocenters. The van der Waals surface area contributed by atoms with E-state index in [0.717, 1.165) is 18.4 Å². The summed E-state index contributed by atoms with van der Waals surface area (Å²) in [6.07, 6.45) is 8.63. The Bertz CT molecular complexity index is 1070. The molecule has 3 rings (SSSR count). The zero-order valence-corrected chi connectivity index (χ0v) is 21.0. The first-order valence-corrected chi connectivity index (χ1v) is 13.2. The number of aromatic nitrogens is 3. The van der Waals surface area contributed by atoms with Gasteiger partial charge in [-0.3, -0.25) is 19.5 Å². The minimum Gasteiger partial charge on any atom is -0.349 e. The summed E-state index contributed by atoms with van der Waals surface area (Å²) in [5.41, 5.74) is 1.89. The van der Waals surface area contributed by atoms with Crippen LogP contribution in [0.15, 0.2) is 59.8 Å². The van der Waals surface area contributed by atoms with Gasteiger partial charge < -0.3 is 5.32 Å². The summed E-state index contributed by atoms with van der Waals surface area (Å²) in [6.45, 7) is 2.45. The van der Waals surface area contributed by atoms with Crippen LogP contribution in [0.3, 0.4) is 0 Å². The van der Waals surface area contributed by atoms with Crippen LogP contribution in [0.1, 0.15) is 69.7 Å². The SMILES string of the molecule is CCCCCCCCCC(=O)NCc1nnc(SCc2ccccc2)n1-c1ccc([N+](=O)[O-])cc1. The number of nitrogens with one attached hydrogen (secondary N) is 1. The molecule has 35 heavy (non-hydrogen) atoms. The Morgan fingerprint density at radius 1 is 0.971 bits per heavy atom. The smallest absolute Gasteiger partial charge is 0.269 e. The van der Waals surface area contributed by atoms with Gasteiger partial charge in [-0.15, -0.1) is 10.2 Å². The number of rotatable bonds is 15. The van der Waals surface area contributed by atoms with Gasteiger partial charge in [0.2, 0.25) is 5.91 Å². The third kappa shape index (κ3) is 8.51. The van der Waals surface area contributed by atoms with Crippen LogP contribution in [-0.2, 0) is 17.1 Å². The third-order valence-corrected chi connectivity index (χ3v) is 6.68. The minimum atomic E-state index is -0.425. The molecule has 1 heterocycles. The number of hydrogen-bond acceptors (Lipinski definition) is 6. The van der Waals surface area contributed by atoms with Crippen molar-refractivity contribution in [1.82, 2.24) is 20.1 Å². The van der Waals surface area contributed by atoms with Gasteiger partial charge >= 0.3 is 0 Å². The highest BCUT2D eigenvalue weighted by Crippen LogP contribution is 2.26. The molecule has 1 aromatic heterocycles. The van der Waals surface area contributed by atoms with Crippen molar-refractivity contribution in [2.75, 3.05) is 0 Å². The molecule has 0 aliphatic carbocycles. The predicted molar refractivity (Wildman–Crippen MR) is 138 cm³/mol. The predicted octanol–water partition coefficient (Wildman–Crippen LogP) is 6.22. The summed E-state index contributed by atoms with van der Waals surface area (Å²) in [4.78, 5) is 23.0. The molecule has 9 heteroatoms. The molecule has 0 fully saturated rings. The fourth-order valence-electron chi connectivity index (χ4n) is 3.72. The van der Waals surface area contributed by atoms with Gasteiger partial charge in [0.15, 0.2) is 11.0 Å². The van der Waals surface area contributed by atoms with E-state index in [0.29, 0.717) is 28.8 Å². The van der Waals surface area contributed by atoms with Gasteiger partial charge in [0.1, 0.15) is 0 Å². The van der Waals surface area contributed by atoms with Crippen LogP contribution in [0.5, 0.6) is 0 Å². The van der Waals surface area contributed by atoms with Crippen LogP contribution >= 0.6 is 11.8 Å². The van der Waals surface area contributed by atoms with Crippen molar-refractivity contribution in [3.63, 3.8) is 0 Å². The van der Waals surface area contributed by atoms with Crippen molar-refractivity contribution in [2.45, 2.75) is 75.7 Å². The first-order valence-electron chi connectivity index (χ1n) is 12.2. The Hall–Kier alpha value is -3.20. The first-order chi connectivity index (χ1) is 17.1. The van der Waals surface area contributed by atoms with Gasteiger partial charge in [0, 0.05) is 30.0 Å². The number of thioether (sulfide) groups is 1. The Morgan fingerprint density at radius 2 is 1.66 bits per heavy atom. The second-order valence-corrected chi connectivity index (χ2v) is 9.37. The molecule has 0 saturated heterocycles. The molecule has 0 spiro atoms. The maximum absolute atomic E-state index is 12.4. The quantitative estimate of drug-likeness (QED) is 0.116. The summed E-state index contributed by atoms with van der Waals surface area (Å²) in [6, 6.07) is 16.3. The Labute approximate surface area is 210 Å². The molecule has 3 aromatic rings. The van der Waals surface area contributed by atoms with Crippen molar-refractivity contribution in [3.8, 4) is 5.69 Å². The summed E-state index contributed by atoms with van der Waals surface area (Å²) < 4.78 is 1.85. The number of nitro groups is 1. The standard InChI is InChI=1S/C26H33N5O3S/c1-2-3-4-5-6-7-11-14-25(32)27-19-24-28-29-26(35-20-21-12-9-8-10-13-21)30(24)22-15-17-23(18-16-22)31(33)34/h8-10,12-13,15-18H,2-7,11,14,19-20H2,1H3,(H,27,32). The number of carbonyl (C=O) groups excluding carboxylic acids is 1. The molecule has 0 unspecified atom stereocenters. The molecule has 1 N–H and O–H groups in total. The highest BCUT2D eigenvalue weighted by Gasteiger charge is 2.16. The van der Waals surface area contributed by atoms with E-state index in [1.165, 1.54) is 56.0 Å². The number of amides is 1. The summed E-state index contributed by atoms with van der Waals surface area (Å²) >= 11 is 1.53. The van der Waals surface area contributed by atoms with Crippen LogP contribution in [0, 0.1) is 10.1 Å². The normalized spacial score (nSPS) is 10.9. The number of non-ortho nitro benzene ring substituents is 1. The average molecular weight is 496 g/mol. The Balaban J connectivity index is 1.63. The Morgan fingerprint density at radius 3 is 2.34 bits per heavy atom. The van der Waals surface area contributed by atoms with E-state index in [2.05, 4.69) is 22.4 Å². The maximum Gasteiger partial charge on any atom is 0.269 e. The van der Waals surface area contributed by atoms with Crippen LogP contribution < -0.4 is 5.32 Å². The van der Waals surface area contributed by atoms with E-state index >= 15 is 0 Å². The largest absolute Gasteiger partial charge is 0.349 e. The number of nitrogens with zero attached hydrogens (tertiary/aromatic N) is 4. The lowest BCUT2D eigenvalue weighted by atomic mass is 10.1. The molecule has 0 aliphatic rings. The van der Waals surface area contributed by atoms with Crippen LogP contribution in [0.2, 0.25) is 0 Å². The summed E-state index contributed by atoms with van der Waals surface area (Å²) in [7, 11) is 0. The monoisotopic (exact) mass is 495 g/mol. The number of unbranched alkanes of at least 4 members (excludes halogenated alkanes) is 6. The lowest BCUT2D eigenvalue weighted by Crippen LogP contribution is -2.24. The molecule has 8 nitrogen and oxygen atoms in total. The van der Waals surface area contributed by atoms with Gasteiger partial charge in [-0.25, -0.2) is 0 Å². The molecule has 0 saturated carbocycles. The maximum atomic E-state index is 12.4. The van der Waals surface area contributed by atoms with Gasteiger partial charge in [0.25, 0.3) is 5.69 Å². The minimum absolute atomic E-state index is 0.00436. The number of benzene rings is 2. The van der Waals surface area contributed by atoms with Crippen molar-refractivity contribution >= 4 is 23.4 Å². The van der Waals surface area contributed by atoms with Crippen LogP contribution in [0.4, 0.5) is 5.69 Å². The first kappa shape index (κ1) is 26.4. The van der Waals surface area contributed by atoms with E-state index in [1.54, 1.807) is 12.1 Å². The van der Waals surface area contributed by atoms with Gasteiger partial charge in [0.05, 0.1) is 11.5 Å². The number of hydrogen-bond donors (Lipinski definition) is 1. The van der Waals surface area contributed by atoms with Crippen LogP contribution in [0.25, 0.3) is 5.69 Å². The molecule has 186 valence electrons. The van der Waals surface area contributed by atoms with Gasteiger partial charge in [-0.2, -0.15) is 0 Å². The molecule has 0 aliphatic heterocycles. The van der Waals surface area contributed by atoms with Gasteiger partial charge in [-0.1, -0.05) is 87.5 Å². The fourth-order valence-corrected chi connectivity index (χ4v) is 4.65. The summed E-state index contributed by atoms with van der Waals surface area (Å²) in [5.74, 6) is 1.29. The van der Waals surface area contributed by atoms with Crippen molar-refractivity contribution in [2.24, 2.45) is 0 Å². The lowest BCUT2D eigenvalue weighted by molar-refractivity contribution is -0.384. The molecular weight excluding hydrogens is 462 g/mol. The lowest BCUT2D eigenvalue weighted by Gasteiger charge is -2.11. The van der Waals surface area contributed by atoms with E-state index in [1.807, 2.05) is 34.9 Å². The van der Waals surface area contributed by atoms with E-state index in [4.69, 9.17) is 0 Å². The third-order valence-electron chi connectivity index (χ3n) is 5.68. The van der Waals surface area contributed by atoms with Gasteiger partial charge in [-0.05, 0) is 24.1 Å². The number of carbonyl (C=O) groups is 1. The topological polar surface area (TPSA) is 103 Å². The zero-order chi connectivity index (χ0) is 24.9. The fraction of sp³-hybridized carbons (Fsp3) is 0.423. The molecule has 1 amide bonds. The van der Waals surface area contributed by atoms with E-state index in [-0.39, 0.29) is 18.1 Å². The highest BCUT2D eigenvalue weighted by atomic mass is 32.2. The molecular formula is C26H33N5O3S. The van der Waals surface area contributed by atoms with Crippen molar-refractivity contribution in [1.29, 1.82) is 0 Å². The van der Waals surface area contributed by atoms with Crippen molar-refractivity contribution < 1.29 is 9.72 Å². The molecule has 2 aromatic carbocycles. The molecule has 0 bridgehead atoms.